The predicted octanol–water partition coefficient (Wildman–Crippen LogP) is 1.69. The summed E-state index contributed by atoms with van der Waals surface area (Å²) < 4.78 is 0. The number of carbonyl (C=O) groups is 3. The van der Waals surface area contributed by atoms with Crippen LogP contribution in [-0.4, -0.2) is 52.7 Å². The Morgan fingerprint density at radius 1 is 1.04 bits per heavy atom. The lowest BCUT2D eigenvalue weighted by Crippen LogP contribution is -2.56. The zero-order valence-corrected chi connectivity index (χ0v) is 14.9. The average molecular weight is 355 g/mol. The molecule has 1 aliphatic carbocycles. The van der Waals surface area contributed by atoms with Crippen molar-refractivity contribution in [2.75, 3.05) is 13.1 Å². The highest BCUT2D eigenvalue weighted by molar-refractivity contribution is 5.95. The van der Waals surface area contributed by atoms with Gasteiger partial charge in [0.25, 0.3) is 5.91 Å². The van der Waals surface area contributed by atoms with Gasteiger partial charge in [0.05, 0.1) is 0 Å². The van der Waals surface area contributed by atoms with Crippen LogP contribution in [0.2, 0.25) is 0 Å². The summed E-state index contributed by atoms with van der Waals surface area (Å²) in [4.78, 5) is 40.5. The standard InChI is InChI=1S/C20H25N3O3/c24-18-13-22(20(26)17-6-3-11-23(17)18)12-14-7-9-15(10-8-14)19(25)21-16-4-1-2-5-16/h7-10,16-17H,1-6,11-13H2,(H,21,25)/t17-/m1/s1. The Bertz CT molecular complexity index is 710. The van der Waals surface area contributed by atoms with Gasteiger partial charge < -0.3 is 15.1 Å². The van der Waals surface area contributed by atoms with Crippen molar-refractivity contribution in [2.24, 2.45) is 0 Å². The van der Waals surface area contributed by atoms with Crippen LogP contribution in [-0.2, 0) is 16.1 Å². The van der Waals surface area contributed by atoms with Crippen molar-refractivity contribution in [3.63, 3.8) is 0 Å². The quantitative estimate of drug-likeness (QED) is 0.894. The minimum atomic E-state index is -0.271. The zero-order valence-electron chi connectivity index (χ0n) is 14.9. The van der Waals surface area contributed by atoms with Gasteiger partial charge in [0, 0.05) is 24.7 Å². The maximum absolute atomic E-state index is 12.6. The highest BCUT2D eigenvalue weighted by Gasteiger charge is 2.41. The minimum Gasteiger partial charge on any atom is -0.349 e. The van der Waals surface area contributed by atoms with E-state index in [1.807, 2.05) is 12.1 Å². The van der Waals surface area contributed by atoms with Crippen molar-refractivity contribution in [1.82, 2.24) is 15.1 Å². The molecule has 1 aromatic rings. The van der Waals surface area contributed by atoms with Crippen LogP contribution in [0, 0.1) is 0 Å². The monoisotopic (exact) mass is 355 g/mol. The first-order valence-corrected chi connectivity index (χ1v) is 9.60. The molecule has 1 saturated carbocycles. The first kappa shape index (κ1) is 17.1. The number of nitrogens with zero attached hydrogens (tertiary/aromatic N) is 2. The van der Waals surface area contributed by atoms with E-state index in [-0.39, 0.29) is 30.3 Å². The van der Waals surface area contributed by atoms with Crippen LogP contribution >= 0.6 is 0 Å². The minimum absolute atomic E-state index is 0.0331. The molecule has 3 fully saturated rings. The van der Waals surface area contributed by atoms with E-state index < -0.39 is 0 Å². The second-order valence-electron chi connectivity index (χ2n) is 7.59. The number of nitrogens with one attached hydrogen (secondary N) is 1. The van der Waals surface area contributed by atoms with Crippen LogP contribution in [0.1, 0.15) is 54.4 Å². The number of fused-ring (bicyclic) bond motifs is 1. The van der Waals surface area contributed by atoms with E-state index in [1.165, 1.54) is 12.8 Å². The summed E-state index contributed by atoms with van der Waals surface area (Å²) in [5.41, 5.74) is 1.58. The third-order valence-corrected chi connectivity index (χ3v) is 5.78. The summed E-state index contributed by atoms with van der Waals surface area (Å²) in [6, 6.07) is 7.39. The summed E-state index contributed by atoms with van der Waals surface area (Å²) in [5.74, 6) is 0.0547. The van der Waals surface area contributed by atoms with Gasteiger partial charge in [0.1, 0.15) is 12.6 Å². The van der Waals surface area contributed by atoms with Gasteiger partial charge >= 0.3 is 0 Å². The molecule has 6 heteroatoms. The van der Waals surface area contributed by atoms with Crippen molar-refractivity contribution in [2.45, 2.75) is 57.2 Å². The summed E-state index contributed by atoms with van der Waals surface area (Å²) >= 11 is 0. The van der Waals surface area contributed by atoms with Crippen LogP contribution in [0.5, 0.6) is 0 Å². The second kappa shape index (κ2) is 7.09. The molecule has 2 heterocycles. The third-order valence-electron chi connectivity index (χ3n) is 5.78. The molecule has 138 valence electrons. The number of carbonyl (C=O) groups excluding carboxylic acids is 3. The third kappa shape index (κ3) is 3.32. The molecule has 0 bridgehead atoms. The highest BCUT2D eigenvalue weighted by atomic mass is 16.2. The topological polar surface area (TPSA) is 69.7 Å². The molecule has 2 saturated heterocycles. The zero-order chi connectivity index (χ0) is 18.1. The molecule has 6 nitrogen and oxygen atoms in total. The van der Waals surface area contributed by atoms with Crippen LogP contribution in [0.25, 0.3) is 0 Å². The lowest BCUT2D eigenvalue weighted by atomic mass is 10.1. The number of benzene rings is 1. The van der Waals surface area contributed by atoms with Gasteiger partial charge in [-0.1, -0.05) is 25.0 Å². The number of rotatable bonds is 4. The summed E-state index contributed by atoms with van der Waals surface area (Å²) in [6.07, 6.45) is 6.16. The van der Waals surface area contributed by atoms with Crippen LogP contribution in [0.3, 0.4) is 0 Å². The van der Waals surface area contributed by atoms with Gasteiger partial charge in [-0.05, 0) is 43.4 Å². The molecule has 0 aromatic heterocycles. The van der Waals surface area contributed by atoms with Crippen molar-refractivity contribution in [1.29, 1.82) is 0 Å². The molecule has 3 amide bonds. The molecule has 0 spiro atoms. The molecule has 3 aliphatic rings. The molecule has 26 heavy (non-hydrogen) atoms. The van der Waals surface area contributed by atoms with Crippen LogP contribution in [0.4, 0.5) is 0 Å². The van der Waals surface area contributed by atoms with E-state index in [9.17, 15) is 14.4 Å². The normalized spacial score (nSPS) is 23.5. The number of hydrogen-bond donors (Lipinski definition) is 1. The maximum Gasteiger partial charge on any atom is 0.251 e. The Kier molecular flexibility index (Phi) is 4.66. The van der Waals surface area contributed by atoms with Crippen LogP contribution in [0.15, 0.2) is 24.3 Å². The fraction of sp³-hybridized carbons (Fsp3) is 0.550. The number of piperazine rings is 1. The van der Waals surface area contributed by atoms with E-state index >= 15 is 0 Å². The number of amides is 3. The summed E-state index contributed by atoms with van der Waals surface area (Å²) in [7, 11) is 0. The van der Waals surface area contributed by atoms with Gasteiger partial charge in [-0.3, -0.25) is 14.4 Å². The van der Waals surface area contributed by atoms with E-state index in [0.717, 1.165) is 31.2 Å². The molecule has 4 rings (SSSR count). The van der Waals surface area contributed by atoms with E-state index in [4.69, 9.17) is 0 Å². The summed E-state index contributed by atoms with van der Waals surface area (Å²) in [5, 5.41) is 3.08. The lowest BCUT2D eigenvalue weighted by molar-refractivity contribution is -0.154. The van der Waals surface area contributed by atoms with Crippen molar-refractivity contribution < 1.29 is 14.4 Å². The van der Waals surface area contributed by atoms with E-state index in [2.05, 4.69) is 5.32 Å². The molecule has 0 radical (unpaired) electrons. The molecule has 1 N–H and O–H groups in total. The first-order valence-electron chi connectivity index (χ1n) is 9.60. The molecular formula is C20H25N3O3. The lowest BCUT2D eigenvalue weighted by Gasteiger charge is -2.36. The SMILES string of the molecule is O=C(NC1CCCC1)c1ccc(CN2CC(=O)N3CCC[C@@H]3C2=O)cc1. The van der Waals surface area contributed by atoms with Gasteiger partial charge in [0.15, 0.2) is 0 Å². The molecule has 1 atom stereocenters. The Morgan fingerprint density at radius 2 is 1.77 bits per heavy atom. The van der Waals surface area contributed by atoms with Gasteiger partial charge in [0.2, 0.25) is 11.8 Å². The van der Waals surface area contributed by atoms with Crippen molar-refractivity contribution >= 4 is 17.7 Å². The highest BCUT2D eigenvalue weighted by Crippen LogP contribution is 2.25. The smallest absolute Gasteiger partial charge is 0.251 e. The van der Waals surface area contributed by atoms with E-state index in [1.54, 1.807) is 21.9 Å². The Morgan fingerprint density at radius 3 is 2.50 bits per heavy atom. The Balaban J connectivity index is 1.38. The Hall–Kier alpha value is -2.37. The molecule has 0 unspecified atom stereocenters. The van der Waals surface area contributed by atoms with Crippen molar-refractivity contribution in [3.8, 4) is 0 Å². The molecule has 1 aromatic carbocycles. The second-order valence-corrected chi connectivity index (χ2v) is 7.59. The fourth-order valence-electron chi connectivity index (χ4n) is 4.32. The largest absolute Gasteiger partial charge is 0.349 e. The Labute approximate surface area is 153 Å². The van der Waals surface area contributed by atoms with Gasteiger partial charge in [-0.2, -0.15) is 0 Å². The fourth-order valence-corrected chi connectivity index (χ4v) is 4.32. The first-order chi connectivity index (χ1) is 12.6. The van der Waals surface area contributed by atoms with Crippen LogP contribution < -0.4 is 5.32 Å². The maximum atomic E-state index is 12.6. The van der Waals surface area contributed by atoms with Gasteiger partial charge in [-0.25, -0.2) is 0 Å². The average Bonchev–Trinajstić information content (AvgIpc) is 3.32. The molecule has 2 aliphatic heterocycles. The predicted molar refractivity (Wildman–Crippen MR) is 96.3 cm³/mol. The van der Waals surface area contributed by atoms with Gasteiger partial charge in [-0.15, -0.1) is 0 Å². The molecular weight excluding hydrogens is 330 g/mol. The summed E-state index contributed by atoms with van der Waals surface area (Å²) in [6.45, 7) is 1.27. The van der Waals surface area contributed by atoms with Crippen molar-refractivity contribution in [3.05, 3.63) is 35.4 Å². The van der Waals surface area contributed by atoms with E-state index in [0.29, 0.717) is 24.7 Å². The number of hydrogen-bond acceptors (Lipinski definition) is 3.